The van der Waals surface area contributed by atoms with E-state index in [1.54, 1.807) is 48.7 Å². The molecule has 0 aliphatic carbocycles. The molecular weight excluding hydrogens is 334 g/mol. The molecule has 0 fully saturated rings. The Balaban J connectivity index is 2.31. The van der Waals surface area contributed by atoms with E-state index < -0.39 is 10.0 Å². The first-order chi connectivity index (χ1) is 11.9. The molecule has 3 rings (SSSR count). The summed E-state index contributed by atoms with van der Waals surface area (Å²) in [5.41, 5.74) is 4.02. The number of nitrogens with zero attached hydrogens (tertiary/aromatic N) is 1. The number of fused-ring (bicyclic) bond motifs is 1. The van der Waals surface area contributed by atoms with Gasteiger partial charge in [-0.05, 0) is 48.7 Å². The standard InChI is InChI=1S/C20H19NO3S/c1-4-16-7-10-19-20(18(16)11-12-22)15(3)13-21(19)25(23,24)17-8-5-14(2)6-9-17/h4-10,12-13H,1,11H2,2-3H3. The maximum Gasteiger partial charge on any atom is 0.268 e. The van der Waals surface area contributed by atoms with Gasteiger partial charge in [-0.15, -0.1) is 0 Å². The van der Waals surface area contributed by atoms with Gasteiger partial charge < -0.3 is 4.79 Å². The van der Waals surface area contributed by atoms with E-state index in [1.807, 2.05) is 13.8 Å². The topological polar surface area (TPSA) is 56.1 Å². The molecule has 0 bridgehead atoms. The molecule has 0 saturated heterocycles. The monoisotopic (exact) mass is 353 g/mol. The Morgan fingerprint density at radius 1 is 1.08 bits per heavy atom. The quantitative estimate of drug-likeness (QED) is 0.654. The third kappa shape index (κ3) is 2.81. The number of rotatable bonds is 5. The van der Waals surface area contributed by atoms with Crippen LogP contribution in [0.2, 0.25) is 0 Å². The summed E-state index contributed by atoms with van der Waals surface area (Å²) in [5.74, 6) is 0. The molecule has 0 amide bonds. The molecule has 5 heteroatoms. The van der Waals surface area contributed by atoms with Crippen LogP contribution in [0.1, 0.15) is 22.3 Å². The van der Waals surface area contributed by atoms with Crippen molar-refractivity contribution in [3.05, 3.63) is 71.4 Å². The number of carbonyl (C=O) groups excluding carboxylic acids is 1. The number of hydrogen-bond acceptors (Lipinski definition) is 3. The van der Waals surface area contributed by atoms with Crippen LogP contribution in [-0.4, -0.2) is 18.7 Å². The summed E-state index contributed by atoms with van der Waals surface area (Å²) in [6.07, 6.45) is 4.34. The van der Waals surface area contributed by atoms with Gasteiger partial charge in [0.15, 0.2) is 0 Å². The van der Waals surface area contributed by atoms with Crippen LogP contribution in [0.15, 0.2) is 54.1 Å². The SMILES string of the molecule is C=Cc1ccc2c(c(C)cn2S(=O)(=O)c2ccc(C)cc2)c1CC=O. The van der Waals surface area contributed by atoms with Gasteiger partial charge >= 0.3 is 0 Å². The summed E-state index contributed by atoms with van der Waals surface area (Å²) in [6.45, 7) is 7.54. The lowest BCUT2D eigenvalue weighted by Gasteiger charge is -2.10. The van der Waals surface area contributed by atoms with Gasteiger partial charge in [0.1, 0.15) is 6.29 Å². The Kier molecular flexibility index (Phi) is 4.35. The van der Waals surface area contributed by atoms with Crippen molar-refractivity contribution in [3.63, 3.8) is 0 Å². The molecule has 25 heavy (non-hydrogen) atoms. The first-order valence-corrected chi connectivity index (χ1v) is 9.36. The van der Waals surface area contributed by atoms with Gasteiger partial charge in [-0.2, -0.15) is 0 Å². The van der Waals surface area contributed by atoms with Crippen LogP contribution in [-0.2, 0) is 21.2 Å². The van der Waals surface area contributed by atoms with Crippen LogP contribution >= 0.6 is 0 Å². The Bertz CT molecular complexity index is 1070. The zero-order valence-corrected chi connectivity index (χ0v) is 15.0. The van der Waals surface area contributed by atoms with Gasteiger partial charge in [0.05, 0.1) is 10.4 Å². The van der Waals surface area contributed by atoms with Gasteiger partial charge in [-0.1, -0.05) is 36.4 Å². The van der Waals surface area contributed by atoms with Crippen LogP contribution in [0.25, 0.3) is 17.0 Å². The molecule has 2 aromatic carbocycles. The smallest absolute Gasteiger partial charge is 0.268 e. The Hall–Kier alpha value is -2.66. The highest BCUT2D eigenvalue weighted by molar-refractivity contribution is 7.90. The second-order valence-corrected chi connectivity index (χ2v) is 7.84. The lowest BCUT2D eigenvalue weighted by molar-refractivity contribution is -0.107. The van der Waals surface area contributed by atoms with Gasteiger partial charge in [0, 0.05) is 18.0 Å². The van der Waals surface area contributed by atoms with E-state index in [9.17, 15) is 13.2 Å². The van der Waals surface area contributed by atoms with E-state index in [0.29, 0.717) is 5.52 Å². The van der Waals surface area contributed by atoms with Crippen molar-refractivity contribution in [3.8, 4) is 0 Å². The molecule has 0 unspecified atom stereocenters. The maximum atomic E-state index is 13.1. The average molecular weight is 353 g/mol. The minimum atomic E-state index is -3.71. The number of benzene rings is 2. The summed E-state index contributed by atoms with van der Waals surface area (Å²) < 4.78 is 27.4. The normalized spacial score (nSPS) is 11.6. The van der Waals surface area contributed by atoms with Crippen LogP contribution in [0.5, 0.6) is 0 Å². The van der Waals surface area contributed by atoms with Crippen molar-refractivity contribution in [2.24, 2.45) is 0 Å². The van der Waals surface area contributed by atoms with Crippen molar-refractivity contribution in [1.82, 2.24) is 3.97 Å². The number of carbonyl (C=O) groups is 1. The first kappa shape index (κ1) is 17.2. The maximum absolute atomic E-state index is 13.1. The van der Waals surface area contributed by atoms with Gasteiger partial charge in [0.2, 0.25) is 0 Å². The molecule has 1 heterocycles. The second kappa shape index (κ2) is 6.33. The van der Waals surface area contributed by atoms with Crippen LogP contribution < -0.4 is 0 Å². The molecule has 4 nitrogen and oxygen atoms in total. The third-order valence-electron chi connectivity index (χ3n) is 4.35. The third-order valence-corrected chi connectivity index (χ3v) is 6.04. The Morgan fingerprint density at radius 3 is 2.36 bits per heavy atom. The summed E-state index contributed by atoms with van der Waals surface area (Å²) in [5, 5.41) is 0.792. The molecular formula is C20H19NO3S. The van der Waals surface area contributed by atoms with Gasteiger partial charge in [-0.3, -0.25) is 0 Å². The lowest BCUT2D eigenvalue weighted by Crippen LogP contribution is -2.12. The average Bonchev–Trinajstić information content (AvgIpc) is 2.94. The predicted molar refractivity (Wildman–Crippen MR) is 100 cm³/mol. The van der Waals surface area contributed by atoms with Crippen LogP contribution in [0.4, 0.5) is 0 Å². The fourth-order valence-electron chi connectivity index (χ4n) is 3.10. The zero-order valence-electron chi connectivity index (χ0n) is 14.2. The van der Waals surface area contributed by atoms with Crippen molar-refractivity contribution < 1.29 is 13.2 Å². The van der Waals surface area contributed by atoms with E-state index in [1.165, 1.54) is 3.97 Å². The molecule has 0 aliphatic heterocycles. The zero-order chi connectivity index (χ0) is 18.2. The van der Waals surface area contributed by atoms with E-state index in [-0.39, 0.29) is 11.3 Å². The number of aryl methyl sites for hydroxylation is 2. The summed E-state index contributed by atoms with van der Waals surface area (Å²) in [6, 6.07) is 10.3. The minimum Gasteiger partial charge on any atom is -0.303 e. The number of hydrogen-bond donors (Lipinski definition) is 0. The van der Waals surface area contributed by atoms with Crippen LogP contribution in [0.3, 0.4) is 0 Å². The van der Waals surface area contributed by atoms with Crippen molar-refractivity contribution >= 4 is 33.3 Å². The highest BCUT2D eigenvalue weighted by Crippen LogP contribution is 2.31. The fourth-order valence-corrected chi connectivity index (χ4v) is 4.52. The van der Waals surface area contributed by atoms with E-state index in [4.69, 9.17) is 0 Å². The van der Waals surface area contributed by atoms with Crippen molar-refractivity contribution in [2.45, 2.75) is 25.2 Å². The molecule has 1 aromatic heterocycles. The molecule has 0 saturated carbocycles. The summed E-state index contributed by atoms with van der Waals surface area (Å²) >= 11 is 0. The van der Waals surface area contributed by atoms with E-state index >= 15 is 0 Å². The predicted octanol–water partition coefficient (Wildman–Crippen LogP) is 3.88. The molecule has 3 aromatic rings. The van der Waals surface area contributed by atoms with E-state index in [0.717, 1.165) is 33.9 Å². The van der Waals surface area contributed by atoms with Crippen LogP contribution in [0, 0.1) is 13.8 Å². The number of aldehydes is 1. The Labute approximate surface area is 147 Å². The van der Waals surface area contributed by atoms with Gasteiger partial charge in [-0.25, -0.2) is 12.4 Å². The minimum absolute atomic E-state index is 0.216. The highest BCUT2D eigenvalue weighted by Gasteiger charge is 2.22. The Morgan fingerprint density at radius 2 is 1.76 bits per heavy atom. The second-order valence-electron chi connectivity index (χ2n) is 6.03. The highest BCUT2D eigenvalue weighted by atomic mass is 32.2. The largest absolute Gasteiger partial charge is 0.303 e. The molecule has 0 atom stereocenters. The first-order valence-electron chi connectivity index (χ1n) is 7.92. The van der Waals surface area contributed by atoms with E-state index in [2.05, 4.69) is 6.58 Å². The molecule has 0 spiro atoms. The molecule has 0 N–H and O–H groups in total. The lowest BCUT2D eigenvalue weighted by atomic mass is 9.98. The molecule has 0 radical (unpaired) electrons. The fraction of sp³-hybridized carbons (Fsp3) is 0.150. The molecule has 128 valence electrons. The van der Waals surface area contributed by atoms with Gasteiger partial charge in [0.25, 0.3) is 10.0 Å². The van der Waals surface area contributed by atoms with Crippen molar-refractivity contribution in [2.75, 3.05) is 0 Å². The summed E-state index contributed by atoms with van der Waals surface area (Å²) in [4.78, 5) is 11.3. The van der Waals surface area contributed by atoms with Crippen molar-refractivity contribution in [1.29, 1.82) is 0 Å². The number of aromatic nitrogens is 1. The summed E-state index contributed by atoms with van der Waals surface area (Å²) in [7, 11) is -3.71. The molecule has 0 aliphatic rings.